The number of carbonyl (C=O) groups excluding carboxylic acids is 1. The van der Waals surface area contributed by atoms with Crippen LogP contribution in [0.3, 0.4) is 0 Å². The summed E-state index contributed by atoms with van der Waals surface area (Å²) < 4.78 is 16.4. The van der Waals surface area contributed by atoms with E-state index in [4.69, 9.17) is 19.2 Å². The number of hydrogen-bond donors (Lipinski definition) is 0. The van der Waals surface area contributed by atoms with E-state index in [9.17, 15) is 4.79 Å². The zero-order valence-corrected chi connectivity index (χ0v) is 17.1. The maximum atomic E-state index is 13.2. The average Bonchev–Trinajstić information content (AvgIpc) is 3.45. The van der Waals surface area contributed by atoms with Crippen molar-refractivity contribution in [3.05, 3.63) is 71.5 Å². The monoisotopic (exact) mass is 401 g/mol. The largest absolute Gasteiger partial charge is 0.496 e. The normalized spacial score (nSPS) is 15.7. The number of carbonyl (C=O) groups is 1. The van der Waals surface area contributed by atoms with Crippen LogP contribution >= 0.6 is 0 Å². The van der Waals surface area contributed by atoms with Crippen molar-refractivity contribution in [3.8, 4) is 28.4 Å². The number of aryl methyl sites for hydroxylation is 1. The highest BCUT2D eigenvalue weighted by Gasteiger charge is 2.51. The molecule has 1 aliphatic heterocycles. The Bertz CT molecular complexity index is 1130. The van der Waals surface area contributed by atoms with Crippen LogP contribution in [0, 0.1) is 6.92 Å². The van der Waals surface area contributed by atoms with Gasteiger partial charge in [0, 0.05) is 28.9 Å². The fourth-order valence-electron chi connectivity index (χ4n) is 4.24. The van der Waals surface area contributed by atoms with E-state index in [1.165, 1.54) is 0 Å². The van der Waals surface area contributed by atoms with Crippen molar-refractivity contribution in [2.75, 3.05) is 13.9 Å². The van der Waals surface area contributed by atoms with Crippen LogP contribution in [0.1, 0.15) is 29.8 Å². The van der Waals surface area contributed by atoms with Crippen molar-refractivity contribution < 1.29 is 19.0 Å². The van der Waals surface area contributed by atoms with Gasteiger partial charge in [-0.25, -0.2) is 0 Å². The first-order valence-corrected chi connectivity index (χ1v) is 10.1. The number of fused-ring (bicyclic) bond motifs is 1. The lowest BCUT2D eigenvalue weighted by atomic mass is 9.88. The molecule has 1 aromatic heterocycles. The van der Waals surface area contributed by atoms with E-state index in [0.29, 0.717) is 6.42 Å². The molecule has 152 valence electrons. The van der Waals surface area contributed by atoms with E-state index in [1.807, 2.05) is 61.5 Å². The first-order valence-electron chi connectivity index (χ1n) is 10.1. The van der Waals surface area contributed by atoms with E-state index < -0.39 is 5.41 Å². The van der Waals surface area contributed by atoms with Crippen molar-refractivity contribution in [1.29, 1.82) is 0 Å². The van der Waals surface area contributed by atoms with Crippen LogP contribution in [0.4, 0.5) is 0 Å². The molecule has 2 heterocycles. The SMILES string of the molecule is COc1ccccc1-c1ccc(CC(=O)C2(c3ccc4c(c3)OCO4)CC2)nc1C. The molecule has 30 heavy (non-hydrogen) atoms. The van der Waals surface area contributed by atoms with Crippen molar-refractivity contribution in [2.45, 2.75) is 31.6 Å². The molecule has 5 nitrogen and oxygen atoms in total. The highest BCUT2D eigenvalue weighted by Crippen LogP contribution is 2.51. The van der Waals surface area contributed by atoms with Gasteiger partial charge >= 0.3 is 0 Å². The minimum atomic E-state index is -0.419. The molecule has 0 N–H and O–H groups in total. The molecule has 0 bridgehead atoms. The molecule has 0 unspecified atom stereocenters. The number of benzene rings is 2. The van der Waals surface area contributed by atoms with Gasteiger partial charge in [0.2, 0.25) is 6.79 Å². The van der Waals surface area contributed by atoms with E-state index in [1.54, 1.807) is 7.11 Å². The lowest BCUT2D eigenvalue weighted by Crippen LogP contribution is -2.23. The number of ether oxygens (including phenoxy) is 3. The molecular weight excluding hydrogens is 378 g/mol. The van der Waals surface area contributed by atoms with Gasteiger partial charge in [0.05, 0.1) is 12.5 Å². The molecule has 0 radical (unpaired) electrons. The predicted molar refractivity (Wildman–Crippen MR) is 113 cm³/mol. The molecule has 3 aromatic rings. The molecule has 0 atom stereocenters. The fourth-order valence-corrected chi connectivity index (χ4v) is 4.24. The quantitative estimate of drug-likeness (QED) is 0.602. The Hall–Kier alpha value is -3.34. The number of aromatic nitrogens is 1. The Balaban J connectivity index is 1.38. The third-order valence-corrected chi connectivity index (χ3v) is 6.09. The average molecular weight is 401 g/mol. The molecule has 2 aromatic carbocycles. The summed E-state index contributed by atoms with van der Waals surface area (Å²) in [7, 11) is 1.67. The summed E-state index contributed by atoms with van der Waals surface area (Å²) in [5.41, 5.74) is 4.29. The van der Waals surface area contributed by atoms with Gasteiger partial charge in [-0.1, -0.05) is 30.3 Å². The van der Waals surface area contributed by atoms with Gasteiger partial charge in [0.1, 0.15) is 11.5 Å². The number of para-hydroxylation sites is 1. The Labute approximate surface area is 175 Å². The Kier molecular flexibility index (Phi) is 4.46. The second-order valence-corrected chi connectivity index (χ2v) is 7.89. The zero-order valence-electron chi connectivity index (χ0n) is 17.1. The highest BCUT2D eigenvalue weighted by atomic mass is 16.7. The molecule has 1 fully saturated rings. The van der Waals surface area contributed by atoms with Crippen molar-refractivity contribution in [2.24, 2.45) is 0 Å². The Morgan fingerprint density at radius 2 is 1.83 bits per heavy atom. The fraction of sp³-hybridized carbons (Fsp3) is 0.280. The second-order valence-electron chi connectivity index (χ2n) is 7.89. The smallest absolute Gasteiger partial charge is 0.231 e. The van der Waals surface area contributed by atoms with Crippen LogP contribution < -0.4 is 14.2 Å². The van der Waals surface area contributed by atoms with E-state index in [0.717, 1.165) is 58.2 Å². The maximum absolute atomic E-state index is 13.2. The number of hydrogen-bond acceptors (Lipinski definition) is 5. The molecule has 0 saturated heterocycles. The van der Waals surface area contributed by atoms with Gasteiger partial charge in [0.15, 0.2) is 11.5 Å². The minimum Gasteiger partial charge on any atom is -0.496 e. The molecule has 2 aliphatic rings. The Morgan fingerprint density at radius 3 is 2.60 bits per heavy atom. The van der Waals surface area contributed by atoms with Gasteiger partial charge in [-0.2, -0.15) is 0 Å². The summed E-state index contributed by atoms with van der Waals surface area (Å²) in [6, 6.07) is 17.7. The summed E-state index contributed by atoms with van der Waals surface area (Å²) in [5, 5.41) is 0. The zero-order chi connectivity index (χ0) is 20.7. The summed E-state index contributed by atoms with van der Waals surface area (Å²) in [5.74, 6) is 2.48. The third kappa shape index (κ3) is 3.11. The lowest BCUT2D eigenvalue weighted by molar-refractivity contribution is -0.120. The van der Waals surface area contributed by atoms with E-state index in [-0.39, 0.29) is 12.6 Å². The number of pyridine rings is 1. The van der Waals surface area contributed by atoms with Crippen molar-refractivity contribution in [1.82, 2.24) is 4.98 Å². The summed E-state index contributed by atoms with van der Waals surface area (Å²) in [4.78, 5) is 18.0. The predicted octanol–water partition coefficient (Wildman–Crippen LogP) is 4.64. The third-order valence-electron chi connectivity index (χ3n) is 6.09. The summed E-state index contributed by atoms with van der Waals surface area (Å²) >= 11 is 0. The van der Waals surface area contributed by atoms with Crippen molar-refractivity contribution >= 4 is 5.78 Å². The Morgan fingerprint density at radius 1 is 1.03 bits per heavy atom. The first kappa shape index (κ1) is 18.7. The lowest BCUT2D eigenvalue weighted by Gasteiger charge is -2.16. The van der Waals surface area contributed by atoms with Crippen LogP contribution in [-0.4, -0.2) is 24.7 Å². The molecule has 5 rings (SSSR count). The van der Waals surface area contributed by atoms with Gasteiger partial charge in [-0.15, -0.1) is 0 Å². The molecular formula is C25H23NO4. The summed E-state index contributed by atoms with van der Waals surface area (Å²) in [6.07, 6.45) is 2.05. The minimum absolute atomic E-state index is 0.207. The van der Waals surface area contributed by atoms with Crippen molar-refractivity contribution in [3.63, 3.8) is 0 Å². The molecule has 0 amide bonds. The van der Waals surface area contributed by atoms with Gasteiger partial charge in [-0.3, -0.25) is 9.78 Å². The second kappa shape index (κ2) is 7.17. The topological polar surface area (TPSA) is 57.7 Å². The molecule has 1 aliphatic carbocycles. The van der Waals surface area contributed by atoms with E-state index >= 15 is 0 Å². The van der Waals surface area contributed by atoms with Gasteiger partial charge < -0.3 is 14.2 Å². The number of rotatable bonds is 6. The number of methoxy groups -OCH3 is 1. The molecule has 0 spiro atoms. The molecule has 5 heteroatoms. The van der Waals surface area contributed by atoms with Gasteiger partial charge in [0.25, 0.3) is 0 Å². The van der Waals surface area contributed by atoms with Crippen LogP contribution in [0.15, 0.2) is 54.6 Å². The van der Waals surface area contributed by atoms with Crippen LogP contribution in [0.25, 0.3) is 11.1 Å². The number of nitrogens with zero attached hydrogens (tertiary/aromatic N) is 1. The van der Waals surface area contributed by atoms with Gasteiger partial charge in [-0.05, 0) is 49.6 Å². The highest BCUT2D eigenvalue weighted by molar-refractivity contribution is 5.94. The first-order chi connectivity index (χ1) is 14.6. The van der Waals surface area contributed by atoms with Crippen LogP contribution in [0.2, 0.25) is 0 Å². The number of ketones is 1. The van der Waals surface area contributed by atoms with E-state index in [2.05, 4.69) is 0 Å². The maximum Gasteiger partial charge on any atom is 0.231 e. The number of Topliss-reactive ketones (excluding diaryl/α,β-unsaturated/α-hetero) is 1. The molecule has 1 saturated carbocycles. The standard InChI is InChI=1S/C25H23NO4/c1-16-19(20-5-3-4-6-21(20)28-2)9-8-18(26-16)14-24(27)25(11-12-25)17-7-10-22-23(13-17)30-15-29-22/h3-10,13H,11-12,14-15H2,1-2H3. The van der Waals surface area contributed by atoms with Crippen LogP contribution in [-0.2, 0) is 16.6 Å². The summed E-state index contributed by atoms with van der Waals surface area (Å²) in [6.45, 7) is 2.21. The van der Waals surface area contributed by atoms with Crippen LogP contribution in [0.5, 0.6) is 17.2 Å².